The highest BCUT2D eigenvalue weighted by atomic mass is 32.1. The summed E-state index contributed by atoms with van der Waals surface area (Å²) >= 11 is 1.41. The average molecular weight is 409 g/mol. The highest BCUT2D eigenvalue weighted by molar-refractivity contribution is 7.13. The number of nitrogens with zero attached hydrogens (tertiary/aromatic N) is 5. The van der Waals surface area contributed by atoms with E-state index in [1.165, 1.54) is 16.9 Å². The zero-order valence-corrected chi connectivity index (χ0v) is 16.5. The second-order valence-corrected chi connectivity index (χ2v) is 7.74. The van der Waals surface area contributed by atoms with Crippen molar-refractivity contribution in [3.05, 3.63) is 53.4 Å². The molecule has 3 aromatic rings. The zero-order chi connectivity index (χ0) is 19.6. The van der Waals surface area contributed by atoms with Crippen LogP contribution in [0, 0.1) is 0 Å². The fourth-order valence-electron chi connectivity index (χ4n) is 3.47. The van der Waals surface area contributed by atoms with Crippen LogP contribution < -0.4 is 9.47 Å². The Kier molecular flexibility index (Phi) is 4.82. The number of fused-ring (bicyclic) bond motifs is 1. The standard InChI is InChI=1S/C20H19N5O3S/c26-20(16-12-29-19(23-16)15-10-21-3-4-22-15)25-7-5-24(6-8-25)11-14-1-2-17-18(9-14)28-13-27-17/h1-4,9-10,12H,5-8,11,13H2. The second-order valence-electron chi connectivity index (χ2n) is 6.88. The van der Waals surface area contributed by atoms with Gasteiger partial charge in [0, 0.05) is 50.5 Å². The van der Waals surface area contributed by atoms with Gasteiger partial charge in [0.1, 0.15) is 16.4 Å². The van der Waals surface area contributed by atoms with E-state index in [1.807, 2.05) is 17.0 Å². The van der Waals surface area contributed by atoms with Crippen LogP contribution in [0.25, 0.3) is 10.7 Å². The van der Waals surface area contributed by atoms with Gasteiger partial charge in [0.2, 0.25) is 6.79 Å². The van der Waals surface area contributed by atoms with Gasteiger partial charge in [-0.1, -0.05) is 6.07 Å². The quantitative estimate of drug-likeness (QED) is 0.654. The highest BCUT2D eigenvalue weighted by Gasteiger charge is 2.24. The molecule has 1 aromatic carbocycles. The molecule has 29 heavy (non-hydrogen) atoms. The Hall–Kier alpha value is -3.04. The van der Waals surface area contributed by atoms with Crippen LogP contribution >= 0.6 is 11.3 Å². The van der Waals surface area contributed by atoms with Crippen LogP contribution in [0.1, 0.15) is 16.1 Å². The van der Waals surface area contributed by atoms with Crippen LogP contribution in [0.4, 0.5) is 0 Å². The first-order chi connectivity index (χ1) is 14.3. The molecule has 148 valence electrons. The minimum atomic E-state index is -0.0286. The van der Waals surface area contributed by atoms with Gasteiger partial charge in [-0.05, 0) is 17.7 Å². The fraction of sp³-hybridized carbons (Fsp3) is 0.300. The minimum absolute atomic E-state index is 0.0286. The van der Waals surface area contributed by atoms with Crippen molar-refractivity contribution in [2.75, 3.05) is 33.0 Å². The summed E-state index contributed by atoms with van der Waals surface area (Å²) in [6.45, 7) is 4.12. The zero-order valence-electron chi connectivity index (χ0n) is 15.7. The van der Waals surface area contributed by atoms with E-state index in [2.05, 4.69) is 25.9 Å². The van der Waals surface area contributed by atoms with Crippen molar-refractivity contribution in [2.24, 2.45) is 0 Å². The molecule has 0 bridgehead atoms. The van der Waals surface area contributed by atoms with E-state index in [-0.39, 0.29) is 12.7 Å². The van der Waals surface area contributed by atoms with Gasteiger partial charge >= 0.3 is 0 Å². The number of piperazine rings is 1. The van der Waals surface area contributed by atoms with Crippen LogP contribution in [0.5, 0.6) is 11.5 Å². The predicted octanol–water partition coefficient (Wildman–Crippen LogP) is 2.29. The van der Waals surface area contributed by atoms with Crippen LogP contribution in [0.15, 0.2) is 42.2 Å². The molecular formula is C20H19N5O3S. The number of rotatable bonds is 4. The van der Waals surface area contributed by atoms with Crippen molar-refractivity contribution in [1.29, 1.82) is 0 Å². The van der Waals surface area contributed by atoms with Crippen molar-refractivity contribution in [3.8, 4) is 22.2 Å². The van der Waals surface area contributed by atoms with E-state index in [0.29, 0.717) is 29.5 Å². The van der Waals surface area contributed by atoms with Gasteiger partial charge in [0.25, 0.3) is 5.91 Å². The third kappa shape index (κ3) is 3.79. The molecule has 4 heterocycles. The van der Waals surface area contributed by atoms with Gasteiger partial charge in [-0.3, -0.25) is 19.7 Å². The second kappa shape index (κ2) is 7.76. The Morgan fingerprint density at radius 1 is 1.10 bits per heavy atom. The number of thiazole rings is 1. The smallest absolute Gasteiger partial charge is 0.273 e. The van der Waals surface area contributed by atoms with E-state index in [1.54, 1.807) is 24.0 Å². The number of carbonyl (C=O) groups is 1. The SMILES string of the molecule is O=C(c1csc(-c2cnccn2)n1)N1CCN(Cc2ccc3c(c2)OCO3)CC1. The van der Waals surface area contributed by atoms with Crippen LogP contribution in [-0.4, -0.2) is 63.6 Å². The predicted molar refractivity (Wildman–Crippen MR) is 107 cm³/mol. The van der Waals surface area contributed by atoms with E-state index in [0.717, 1.165) is 31.1 Å². The molecule has 8 nitrogen and oxygen atoms in total. The van der Waals surface area contributed by atoms with E-state index in [4.69, 9.17) is 9.47 Å². The molecule has 1 amide bonds. The first kappa shape index (κ1) is 18.0. The maximum Gasteiger partial charge on any atom is 0.273 e. The van der Waals surface area contributed by atoms with Crippen molar-refractivity contribution in [2.45, 2.75) is 6.54 Å². The molecule has 0 spiro atoms. The monoisotopic (exact) mass is 409 g/mol. The van der Waals surface area contributed by atoms with Gasteiger partial charge < -0.3 is 14.4 Å². The molecular weight excluding hydrogens is 390 g/mol. The minimum Gasteiger partial charge on any atom is -0.454 e. The van der Waals surface area contributed by atoms with Gasteiger partial charge in [-0.2, -0.15) is 0 Å². The number of aromatic nitrogens is 3. The van der Waals surface area contributed by atoms with Crippen molar-refractivity contribution >= 4 is 17.2 Å². The summed E-state index contributed by atoms with van der Waals surface area (Å²) in [6.07, 6.45) is 4.89. The Balaban J connectivity index is 1.18. The maximum absolute atomic E-state index is 12.8. The molecule has 9 heteroatoms. The van der Waals surface area contributed by atoms with Gasteiger partial charge in [-0.15, -0.1) is 11.3 Å². The lowest BCUT2D eigenvalue weighted by Crippen LogP contribution is -2.48. The number of hydrogen-bond acceptors (Lipinski definition) is 8. The maximum atomic E-state index is 12.8. The summed E-state index contributed by atoms with van der Waals surface area (Å²) in [5, 5.41) is 2.51. The number of carbonyl (C=O) groups excluding carboxylic acids is 1. The molecule has 0 N–H and O–H groups in total. The van der Waals surface area contributed by atoms with Gasteiger partial charge in [-0.25, -0.2) is 4.98 Å². The van der Waals surface area contributed by atoms with Crippen molar-refractivity contribution in [3.63, 3.8) is 0 Å². The summed E-state index contributed by atoms with van der Waals surface area (Å²) in [4.78, 5) is 29.8. The number of ether oxygens (including phenoxy) is 2. The Bertz CT molecular complexity index is 1020. The summed E-state index contributed by atoms with van der Waals surface area (Å²) in [5.74, 6) is 1.58. The average Bonchev–Trinajstić information content (AvgIpc) is 3.44. The highest BCUT2D eigenvalue weighted by Crippen LogP contribution is 2.33. The lowest BCUT2D eigenvalue weighted by molar-refractivity contribution is 0.0623. The number of benzene rings is 1. The van der Waals surface area contributed by atoms with Gasteiger partial charge in [0.05, 0.1) is 6.20 Å². The topological polar surface area (TPSA) is 80.7 Å². The Labute approximate surface area is 171 Å². The van der Waals surface area contributed by atoms with Gasteiger partial charge in [0.15, 0.2) is 11.5 Å². The third-order valence-corrected chi connectivity index (χ3v) is 5.87. The molecule has 0 atom stereocenters. The fourth-order valence-corrected chi connectivity index (χ4v) is 4.22. The molecule has 2 aliphatic rings. The Morgan fingerprint density at radius 2 is 1.97 bits per heavy atom. The summed E-state index contributed by atoms with van der Waals surface area (Å²) in [7, 11) is 0. The van der Waals surface area contributed by atoms with E-state index < -0.39 is 0 Å². The molecule has 1 saturated heterocycles. The summed E-state index contributed by atoms with van der Waals surface area (Å²) < 4.78 is 10.8. The molecule has 2 aliphatic heterocycles. The van der Waals surface area contributed by atoms with E-state index >= 15 is 0 Å². The molecule has 5 rings (SSSR count). The number of hydrogen-bond donors (Lipinski definition) is 0. The van der Waals surface area contributed by atoms with Crippen LogP contribution in [-0.2, 0) is 6.54 Å². The molecule has 0 unspecified atom stereocenters. The first-order valence-corrected chi connectivity index (χ1v) is 10.3. The molecule has 2 aromatic heterocycles. The van der Waals surface area contributed by atoms with E-state index in [9.17, 15) is 4.79 Å². The van der Waals surface area contributed by atoms with Crippen molar-refractivity contribution < 1.29 is 14.3 Å². The van der Waals surface area contributed by atoms with Crippen LogP contribution in [0.3, 0.4) is 0 Å². The largest absolute Gasteiger partial charge is 0.454 e. The lowest BCUT2D eigenvalue weighted by Gasteiger charge is -2.34. The summed E-state index contributed by atoms with van der Waals surface area (Å²) in [5.41, 5.74) is 2.34. The molecule has 0 aliphatic carbocycles. The first-order valence-electron chi connectivity index (χ1n) is 9.38. The summed E-state index contributed by atoms with van der Waals surface area (Å²) in [6, 6.07) is 6.05. The Morgan fingerprint density at radius 3 is 2.79 bits per heavy atom. The number of amides is 1. The normalized spacial score (nSPS) is 16.2. The lowest BCUT2D eigenvalue weighted by atomic mass is 10.1. The molecule has 0 saturated carbocycles. The van der Waals surface area contributed by atoms with Crippen molar-refractivity contribution in [1.82, 2.24) is 24.8 Å². The third-order valence-electron chi connectivity index (χ3n) is 5.01. The molecule has 0 radical (unpaired) electrons. The molecule has 1 fully saturated rings. The van der Waals surface area contributed by atoms with Crippen LogP contribution in [0.2, 0.25) is 0 Å².